The molecule has 5 nitrogen and oxygen atoms in total. The number of benzene rings is 1. The summed E-state index contributed by atoms with van der Waals surface area (Å²) in [6, 6.07) is 6.01. The normalized spacial score (nSPS) is 14.5. The van der Waals surface area contributed by atoms with Crippen molar-refractivity contribution in [3.05, 3.63) is 29.3 Å². The fourth-order valence-corrected chi connectivity index (χ4v) is 2.76. The molecule has 1 aromatic rings. The quantitative estimate of drug-likeness (QED) is 0.732. The summed E-state index contributed by atoms with van der Waals surface area (Å²) < 4.78 is 0. The van der Waals surface area contributed by atoms with Crippen molar-refractivity contribution in [2.75, 3.05) is 31.5 Å². The van der Waals surface area contributed by atoms with E-state index in [-0.39, 0.29) is 11.8 Å². The molecule has 0 spiro atoms. The molecule has 0 bridgehead atoms. The lowest BCUT2D eigenvalue weighted by Gasteiger charge is -2.14. The van der Waals surface area contributed by atoms with Crippen LogP contribution in [0.1, 0.15) is 30.4 Å². The van der Waals surface area contributed by atoms with Crippen molar-refractivity contribution in [2.45, 2.75) is 33.1 Å². The van der Waals surface area contributed by atoms with Gasteiger partial charge in [-0.15, -0.1) is 0 Å². The maximum atomic E-state index is 11.9. The predicted octanol–water partition coefficient (Wildman–Crippen LogP) is 0.818. The number of quaternary nitrogens is 1. The lowest BCUT2D eigenvalue weighted by molar-refractivity contribution is -0.643. The summed E-state index contributed by atoms with van der Waals surface area (Å²) in [5.74, 6) is 0.289. The second-order valence-corrected chi connectivity index (χ2v) is 5.99. The van der Waals surface area contributed by atoms with Crippen LogP contribution in [0.4, 0.5) is 5.69 Å². The van der Waals surface area contributed by atoms with E-state index in [2.05, 4.69) is 11.4 Å². The van der Waals surface area contributed by atoms with Crippen molar-refractivity contribution >= 4 is 17.5 Å². The number of nitrogens with one attached hydrogen (secondary N) is 1. The van der Waals surface area contributed by atoms with Crippen LogP contribution in [0.2, 0.25) is 0 Å². The molecule has 3 N–H and O–H groups in total. The number of hydrogen-bond donors (Lipinski definition) is 2. The Morgan fingerprint density at radius 2 is 2.18 bits per heavy atom. The summed E-state index contributed by atoms with van der Waals surface area (Å²) in [5.41, 5.74) is 3.16. The zero-order valence-electron chi connectivity index (χ0n) is 13.5. The number of carbonyl (C=O) groups excluding carboxylic acids is 2. The smallest absolute Gasteiger partial charge is 0.279 e. The number of hydrogen-bond acceptors (Lipinski definition) is 2. The largest absolute Gasteiger partial charge is 0.342 e. The lowest BCUT2D eigenvalue weighted by Crippen LogP contribution is -2.86. The fourth-order valence-electron chi connectivity index (χ4n) is 2.76. The lowest BCUT2D eigenvalue weighted by atomic mass is 10.1. The van der Waals surface area contributed by atoms with E-state index in [0.29, 0.717) is 13.0 Å². The zero-order chi connectivity index (χ0) is 15.9. The molecule has 0 saturated carbocycles. The molecule has 0 radical (unpaired) electrons. The first kappa shape index (κ1) is 16.5. The Hall–Kier alpha value is -1.88. The van der Waals surface area contributed by atoms with Crippen LogP contribution in [0.15, 0.2) is 18.2 Å². The minimum absolute atomic E-state index is 0.0178. The van der Waals surface area contributed by atoms with Gasteiger partial charge in [-0.25, -0.2) is 0 Å². The molecule has 0 aliphatic carbocycles. The molecule has 5 heteroatoms. The molecule has 0 unspecified atom stereocenters. The van der Waals surface area contributed by atoms with Crippen molar-refractivity contribution in [1.29, 1.82) is 0 Å². The van der Waals surface area contributed by atoms with E-state index in [0.717, 1.165) is 43.7 Å². The monoisotopic (exact) mass is 304 g/mol. The van der Waals surface area contributed by atoms with Gasteiger partial charge in [-0.2, -0.15) is 0 Å². The Balaban J connectivity index is 1.62. The molecule has 120 valence electrons. The van der Waals surface area contributed by atoms with E-state index in [9.17, 15) is 9.59 Å². The average Bonchev–Trinajstić information content (AvgIpc) is 2.87. The van der Waals surface area contributed by atoms with Gasteiger partial charge >= 0.3 is 0 Å². The molecule has 2 rings (SSSR count). The highest BCUT2D eigenvalue weighted by molar-refractivity contribution is 5.92. The average molecular weight is 304 g/mol. The van der Waals surface area contributed by atoms with Gasteiger partial charge < -0.3 is 15.5 Å². The van der Waals surface area contributed by atoms with Crippen LogP contribution < -0.4 is 10.6 Å². The molecule has 0 atom stereocenters. The zero-order valence-corrected chi connectivity index (χ0v) is 13.5. The third kappa shape index (κ3) is 4.84. The standard InChI is InChI=1S/C17H25N3O2/c1-13-6-7-15(14(2)11-13)19-16(21)12-18-8-4-10-20-9-3-5-17(20)22/h6-7,11,18H,3-5,8-10,12H2,1-2H3,(H,19,21)/p+1. The molecular formula is C17H26N3O2+. The molecule has 1 saturated heterocycles. The third-order valence-corrected chi connectivity index (χ3v) is 3.99. The van der Waals surface area contributed by atoms with E-state index in [1.165, 1.54) is 5.56 Å². The topological polar surface area (TPSA) is 66.0 Å². The number of amides is 2. The molecule has 1 fully saturated rings. The third-order valence-electron chi connectivity index (χ3n) is 3.99. The van der Waals surface area contributed by atoms with Gasteiger partial charge in [0.2, 0.25) is 5.91 Å². The van der Waals surface area contributed by atoms with Gasteiger partial charge in [0.05, 0.1) is 6.54 Å². The maximum Gasteiger partial charge on any atom is 0.279 e. The van der Waals surface area contributed by atoms with Gasteiger partial charge in [0.1, 0.15) is 0 Å². The van der Waals surface area contributed by atoms with Gasteiger partial charge in [0, 0.05) is 31.6 Å². The molecule has 1 aliphatic heterocycles. The highest BCUT2D eigenvalue weighted by Gasteiger charge is 2.19. The van der Waals surface area contributed by atoms with Crippen LogP contribution in [0.25, 0.3) is 0 Å². The summed E-state index contributed by atoms with van der Waals surface area (Å²) in [6.07, 6.45) is 2.62. The van der Waals surface area contributed by atoms with E-state index < -0.39 is 0 Å². The van der Waals surface area contributed by atoms with E-state index in [4.69, 9.17) is 0 Å². The Morgan fingerprint density at radius 3 is 2.86 bits per heavy atom. The number of rotatable bonds is 7. The molecule has 0 aromatic heterocycles. The molecule has 22 heavy (non-hydrogen) atoms. The fraction of sp³-hybridized carbons (Fsp3) is 0.529. The maximum absolute atomic E-state index is 11.9. The summed E-state index contributed by atoms with van der Waals surface area (Å²) in [4.78, 5) is 25.3. The Kier molecular flexibility index (Phi) is 5.95. The van der Waals surface area contributed by atoms with Crippen LogP contribution in [0, 0.1) is 13.8 Å². The van der Waals surface area contributed by atoms with Crippen molar-refractivity contribution < 1.29 is 14.9 Å². The first-order chi connectivity index (χ1) is 10.6. The van der Waals surface area contributed by atoms with E-state index >= 15 is 0 Å². The summed E-state index contributed by atoms with van der Waals surface area (Å²) in [7, 11) is 0. The van der Waals surface area contributed by atoms with Crippen LogP contribution in [-0.4, -0.2) is 42.9 Å². The second kappa shape index (κ2) is 7.94. The number of anilines is 1. The first-order valence-corrected chi connectivity index (χ1v) is 8.03. The molecule has 1 aromatic carbocycles. The number of nitrogens with two attached hydrogens (primary N) is 1. The van der Waals surface area contributed by atoms with Gasteiger partial charge in [-0.3, -0.25) is 9.59 Å². The van der Waals surface area contributed by atoms with Crippen LogP contribution in [-0.2, 0) is 9.59 Å². The minimum Gasteiger partial charge on any atom is -0.342 e. The molecule has 2 amide bonds. The minimum atomic E-state index is 0.0178. The van der Waals surface area contributed by atoms with Crippen molar-refractivity contribution in [2.24, 2.45) is 0 Å². The highest BCUT2D eigenvalue weighted by Crippen LogP contribution is 2.15. The molecular weight excluding hydrogens is 278 g/mol. The number of likely N-dealkylation sites (tertiary alicyclic amines) is 1. The Morgan fingerprint density at radius 1 is 1.36 bits per heavy atom. The molecule has 1 heterocycles. The van der Waals surface area contributed by atoms with Crippen LogP contribution in [0.5, 0.6) is 0 Å². The first-order valence-electron chi connectivity index (χ1n) is 8.03. The highest BCUT2D eigenvalue weighted by atomic mass is 16.2. The molecule has 1 aliphatic rings. The van der Waals surface area contributed by atoms with Gasteiger partial charge in [0.15, 0.2) is 6.54 Å². The summed E-state index contributed by atoms with van der Waals surface area (Å²) in [5, 5.41) is 4.94. The van der Waals surface area contributed by atoms with E-state index in [1.807, 2.05) is 36.2 Å². The predicted molar refractivity (Wildman–Crippen MR) is 86.6 cm³/mol. The van der Waals surface area contributed by atoms with E-state index in [1.54, 1.807) is 0 Å². The Bertz CT molecular complexity index is 543. The van der Waals surface area contributed by atoms with Crippen molar-refractivity contribution in [1.82, 2.24) is 4.90 Å². The van der Waals surface area contributed by atoms with Gasteiger partial charge in [0.25, 0.3) is 5.91 Å². The van der Waals surface area contributed by atoms with Crippen molar-refractivity contribution in [3.8, 4) is 0 Å². The SMILES string of the molecule is Cc1ccc(NC(=O)C[NH2+]CCCN2CCCC2=O)c(C)c1. The van der Waals surface area contributed by atoms with Crippen molar-refractivity contribution in [3.63, 3.8) is 0 Å². The van der Waals surface area contributed by atoms with Gasteiger partial charge in [-0.05, 0) is 31.9 Å². The van der Waals surface area contributed by atoms with Gasteiger partial charge in [-0.1, -0.05) is 17.7 Å². The summed E-state index contributed by atoms with van der Waals surface area (Å²) >= 11 is 0. The van der Waals surface area contributed by atoms with Crippen LogP contribution in [0.3, 0.4) is 0 Å². The Labute approximate surface area is 132 Å². The second-order valence-electron chi connectivity index (χ2n) is 5.99. The number of aryl methyl sites for hydroxylation is 2. The number of nitrogens with zero attached hydrogens (tertiary/aromatic N) is 1. The van der Waals surface area contributed by atoms with Crippen LogP contribution >= 0.6 is 0 Å². The summed E-state index contributed by atoms with van der Waals surface area (Å²) in [6.45, 7) is 7.03. The number of carbonyl (C=O) groups is 2.